The monoisotopic (exact) mass is 243 g/mol. The predicted molar refractivity (Wildman–Crippen MR) is 61.2 cm³/mol. The molecule has 2 heterocycles. The normalized spacial score (nSPS) is 24.9. The zero-order valence-electron chi connectivity index (χ0n) is 8.64. The lowest BCUT2D eigenvalue weighted by Gasteiger charge is -2.47. The summed E-state index contributed by atoms with van der Waals surface area (Å²) >= 11 is 0. The number of phenolic OH excluding ortho intramolecular Hbond substituents is 1. The standard InChI is InChI=1S/C11H13NO3.ClH/c13-7-1-2-8-9(14)4-11(5-12-6-11)15-10(8)3-7;/h1-3,9,12-14H,4-6H2;1H. The van der Waals surface area contributed by atoms with Crippen molar-refractivity contribution in [3.8, 4) is 11.5 Å². The molecule has 2 aliphatic heterocycles. The zero-order chi connectivity index (χ0) is 10.5. The first-order valence-corrected chi connectivity index (χ1v) is 5.09. The van der Waals surface area contributed by atoms with E-state index in [1.54, 1.807) is 18.2 Å². The third kappa shape index (κ3) is 1.63. The van der Waals surface area contributed by atoms with Crippen molar-refractivity contribution in [3.63, 3.8) is 0 Å². The van der Waals surface area contributed by atoms with Gasteiger partial charge in [-0.3, -0.25) is 0 Å². The number of fused-ring (bicyclic) bond motifs is 1. The molecule has 1 saturated heterocycles. The topological polar surface area (TPSA) is 61.7 Å². The van der Waals surface area contributed by atoms with Gasteiger partial charge in [0.2, 0.25) is 0 Å². The zero-order valence-corrected chi connectivity index (χ0v) is 9.46. The fourth-order valence-electron chi connectivity index (χ4n) is 2.24. The van der Waals surface area contributed by atoms with Gasteiger partial charge in [-0.15, -0.1) is 12.4 Å². The van der Waals surface area contributed by atoms with Crippen LogP contribution in [0.5, 0.6) is 11.5 Å². The second-order valence-corrected chi connectivity index (χ2v) is 4.33. The maximum absolute atomic E-state index is 9.96. The number of aliphatic hydroxyl groups is 1. The summed E-state index contributed by atoms with van der Waals surface area (Å²) in [5, 5.41) is 22.5. The van der Waals surface area contributed by atoms with E-state index in [0.717, 1.165) is 18.7 Å². The van der Waals surface area contributed by atoms with Crippen molar-refractivity contribution in [3.05, 3.63) is 23.8 Å². The Morgan fingerprint density at radius 1 is 1.38 bits per heavy atom. The molecule has 0 aromatic heterocycles. The van der Waals surface area contributed by atoms with Crippen LogP contribution >= 0.6 is 12.4 Å². The van der Waals surface area contributed by atoms with Crippen molar-refractivity contribution in [2.24, 2.45) is 0 Å². The second-order valence-electron chi connectivity index (χ2n) is 4.33. The summed E-state index contributed by atoms with van der Waals surface area (Å²) < 4.78 is 5.82. The predicted octanol–water partition coefficient (Wildman–Crippen LogP) is 0.972. The van der Waals surface area contributed by atoms with Gasteiger partial charge in [-0.1, -0.05) is 0 Å². The van der Waals surface area contributed by atoms with Gasteiger partial charge in [0.25, 0.3) is 0 Å². The number of rotatable bonds is 0. The van der Waals surface area contributed by atoms with E-state index in [1.165, 1.54) is 0 Å². The molecule has 0 aliphatic carbocycles. The largest absolute Gasteiger partial charge is 0.508 e. The van der Waals surface area contributed by atoms with Crippen LogP contribution in [-0.2, 0) is 0 Å². The van der Waals surface area contributed by atoms with Crippen LogP contribution in [0, 0.1) is 0 Å². The van der Waals surface area contributed by atoms with Crippen molar-refractivity contribution in [1.29, 1.82) is 0 Å². The molecule has 1 spiro atoms. The summed E-state index contributed by atoms with van der Waals surface area (Å²) in [6.07, 6.45) is 0.133. The van der Waals surface area contributed by atoms with Gasteiger partial charge in [0.1, 0.15) is 17.1 Å². The minimum atomic E-state index is -0.489. The Labute approximate surface area is 99.6 Å². The van der Waals surface area contributed by atoms with Gasteiger partial charge in [0.15, 0.2) is 0 Å². The van der Waals surface area contributed by atoms with E-state index in [0.29, 0.717) is 12.2 Å². The number of hydrogen-bond acceptors (Lipinski definition) is 4. The lowest BCUT2D eigenvalue weighted by atomic mass is 9.84. The fraction of sp³-hybridized carbons (Fsp3) is 0.455. The van der Waals surface area contributed by atoms with Gasteiger partial charge >= 0.3 is 0 Å². The molecule has 88 valence electrons. The van der Waals surface area contributed by atoms with Crippen LogP contribution < -0.4 is 10.1 Å². The first-order valence-electron chi connectivity index (χ1n) is 5.09. The molecule has 5 heteroatoms. The van der Waals surface area contributed by atoms with E-state index >= 15 is 0 Å². The van der Waals surface area contributed by atoms with Crippen LogP contribution in [0.15, 0.2) is 18.2 Å². The van der Waals surface area contributed by atoms with Crippen molar-refractivity contribution in [2.75, 3.05) is 13.1 Å². The average Bonchev–Trinajstić information content (AvgIpc) is 2.14. The quantitative estimate of drug-likeness (QED) is 0.636. The number of phenols is 1. The number of hydrogen-bond donors (Lipinski definition) is 3. The highest BCUT2D eigenvalue weighted by Crippen LogP contribution is 2.42. The highest BCUT2D eigenvalue weighted by Gasteiger charge is 2.45. The number of benzene rings is 1. The molecular formula is C11H14ClNO3. The maximum atomic E-state index is 9.96. The number of ether oxygens (including phenoxy) is 1. The molecule has 1 aromatic rings. The Balaban J connectivity index is 0.000000963. The molecule has 4 nitrogen and oxygen atoms in total. The summed E-state index contributed by atoms with van der Waals surface area (Å²) in [7, 11) is 0. The molecule has 3 N–H and O–H groups in total. The molecule has 1 fully saturated rings. The number of aliphatic hydroxyl groups excluding tert-OH is 1. The van der Waals surface area contributed by atoms with Crippen molar-refractivity contribution in [2.45, 2.75) is 18.1 Å². The van der Waals surface area contributed by atoms with Crippen LogP contribution in [-0.4, -0.2) is 28.9 Å². The molecule has 1 unspecified atom stereocenters. The van der Waals surface area contributed by atoms with Crippen LogP contribution in [0.25, 0.3) is 0 Å². The molecule has 0 radical (unpaired) electrons. The highest BCUT2D eigenvalue weighted by atomic mass is 35.5. The van der Waals surface area contributed by atoms with Crippen LogP contribution in [0.4, 0.5) is 0 Å². The SMILES string of the molecule is Cl.Oc1ccc2c(c1)OC1(CNC1)CC2O. The number of aromatic hydroxyl groups is 1. The Morgan fingerprint density at radius 2 is 2.12 bits per heavy atom. The Hall–Kier alpha value is -0.970. The van der Waals surface area contributed by atoms with Crippen molar-refractivity contribution < 1.29 is 14.9 Å². The van der Waals surface area contributed by atoms with Crippen LogP contribution in [0.1, 0.15) is 18.1 Å². The van der Waals surface area contributed by atoms with E-state index < -0.39 is 6.10 Å². The Kier molecular flexibility index (Phi) is 2.74. The lowest BCUT2D eigenvalue weighted by molar-refractivity contribution is -0.0483. The lowest BCUT2D eigenvalue weighted by Crippen LogP contribution is -2.64. The highest BCUT2D eigenvalue weighted by molar-refractivity contribution is 5.85. The van der Waals surface area contributed by atoms with E-state index in [-0.39, 0.29) is 23.8 Å². The minimum Gasteiger partial charge on any atom is -0.508 e. The minimum absolute atomic E-state index is 0. The second kappa shape index (κ2) is 3.80. The first kappa shape index (κ1) is 11.5. The third-order valence-corrected chi connectivity index (χ3v) is 3.14. The summed E-state index contributed by atoms with van der Waals surface area (Å²) in [5.41, 5.74) is 0.505. The average molecular weight is 244 g/mol. The van der Waals surface area contributed by atoms with Gasteiger partial charge in [0.05, 0.1) is 6.10 Å². The molecule has 0 bridgehead atoms. The Morgan fingerprint density at radius 3 is 2.75 bits per heavy atom. The smallest absolute Gasteiger partial charge is 0.136 e. The van der Waals surface area contributed by atoms with Crippen molar-refractivity contribution >= 4 is 12.4 Å². The van der Waals surface area contributed by atoms with E-state index in [1.807, 2.05) is 0 Å². The molecule has 16 heavy (non-hydrogen) atoms. The first-order chi connectivity index (χ1) is 7.19. The van der Waals surface area contributed by atoms with Crippen LogP contribution in [0.3, 0.4) is 0 Å². The maximum Gasteiger partial charge on any atom is 0.136 e. The van der Waals surface area contributed by atoms with Gasteiger partial charge in [-0.2, -0.15) is 0 Å². The van der Waals surface area contributed by atoms with Crippen molar-refractivity contribution in [1.82, 2.24) is 5.32 Å². The van der Waals surface area contributed by atoms with Gasteiger partial charge in [0, 0.05) is 31.1 Å². The number of nitrogens with one attached hydrogen (secondary N) is 1. The molecule has 0 amide bonds. The van der Waals surface area contributed by atoms with E-state index in [2.05, 4.69) is 5.32 Å². The molecule has 2 aliphatic rings. The summed E-state index contributed by atoms with van der Waals surface area (Å²) in [4.78, 5) is 0. The summed E-state index contributed by atoms with van der Waals surface area (Å²) in [6.45, 7) is 1.53. The molecular weight excluding hydrogens is 230 g/mol. The third-order valence-electron chi connectivity index (χ3n) is 3.14. The van der Waals surface area contributed by atoms with E-state index in [4.69, 9.17) is 4.74 Å². The molecule has 1 aromatic carbocycles. The molecule has 1 atom stereocenters. The fourth-order valence-corrected chi connectivity index (χ4v) is 2.24. The van der Waals surface area contributed by atoms with Gasteiger partial charge < -0.3 is 20.3 Å². The van der Waals surface area contributed by atoms with Gasteiger partial charge in [-0.05, 0) is 12.1 Å². The van der Waals surface area contributed by atoms with Crippen LogP contribution in [0.2, 0.25) is 0 Å². The molecule has 0 saturated carbocycles. The Bertz CT molecular complexity index is 406. The summed E-state index contributed by atoms with van der Waals surface area (Å²) in [6, 6.07) is 4.86. The van der Waals surface area contributed by atoms with E-state index in [9.17, 15) is 10.2 Å². The molecule has 3 rings (SSSR count). The number of halogens is 1. The summed E-state index contributed by atoms with van der Waals surface area (Å²) in [5.74, 6) is 0.778. The van der Waals surface area contributed by atoms with Gasteiger partial charge in [-0.25, -0.2) is 0 Å².